The third-order valence-electron chi connectivity index (χ3n) is 2.30. The van der Waals surface area contributed by atoms with Crippen LogP contribution in [-0.2, 0) is 6.42 Å². The highest BCUT2D eigenvalue weighted by Crippen LogP contribution is 2.28. The van der Waals surface area contributed by atoms with E-state index >= 15 is 0 Å². The van der Waals surface area contributed by atoms with Crippen molar-refractivity contribution in [1.29, 1.82) is 0 Å². The molecule has 0 aliphatic heterocycles. The molecular formula is C11H12FNO2. The molecule has 0 amide bonds. The molecule has 1 heterocycles. The van der Waals surface area contributed by atoms with Crippen molar-refractivity contribution in [3.63, 3.8) is 0 Å². The molecule has 0 bridgehead atoms. The summed E-state index contributed by atoms with van der Waals surface area (Å²) in [4.78, 5) is 0. The van der Waals surface area contributed by atoms with E-state index in [1.807, 2.05) is 0 Å². The summed E-state index contributed by atoms with van der Waals surface area (Å²) in [6.45, 7) is 0.519. The van der Waals surface area contributed by atoms with E-state index in [4.69, 9.17) is 14.9 Å². The summed E-state index contributed by atoms with van der Waals surface area (Å²) in [5, 5.41) is 0.699. The van der Waals surface area contributed by atoms with Gasteiger partial charge in [0.1, 0.15) is 11.3 Å². The van der Waals surface area contributed by atoms with Gasteiger partial charge in [0.15, 0.2) is 0 Å². The van der Waals surface area contributed by atoms with Gasteiger partial charge in [-0.15, -0.1) is 0 Å². The fourth-order valence-electron chi connectivity index (χ4n) is 1.62. The molecule has 3 nitrogen and oxygen atoms in total. The molecule has 0 saturated heterocycles. The number of benzene rings is 1. The Hall–Kier alpha value is -1.55. The summed E-state index contributed by atoms with van der Waals surface area (Å²) in [5.74, 6) is 0.716. The van der Waals surface area contributed by atoms with Crippen LogP contribution >= 0.6 is 0 Å². The summed E-state index contributed by atoms with van der Waals surface area (Å²) in [6, 6.07) is 4.28. The minimum absolute atomic E-state index is 0.519. The predicted molar refractivity (Wildman–Crippen MR) is 55.5 cm³/mol. The number of methoxy groups -OCH3 is 1. The van der Waals surface area contributed by atoms with E-state index in [-0.39, 0.29) is 0 Å². The Morgan fingerprint density at radius 3 is 2.87 bits per heavy atom. The number of halogens is 1. The van der Waals surface area contributed by atoms with Gasteiger partial charge in [-0.3, -0.25) is 0 Å². The van der Waals surface area contributed by atoms with Gasteiger partial charge in [0.2, 0.25) is 0 Å². The molecule has 0 atom stereocenters. The average Bonchev–Trinajstić information content (AvgIpc) is 2.56. The van der Waals surface area contributed by atoms with Crippen molar-refractivity contribution in [2.45, 2.75) is 6.42 Å². The standard InChI is InChI=1S/C11H12FNO2/c1-14-9-5-8-6-11(12)15-10(8)4-7(9)2-3-13/h4-6H,2-3,13H2,1H3. The van der Waals surface area contributed by atoms with Gasteiger partial charge in [-0.05, 0) is 30.7 Å². The van der Waals surface area contributed by atoms with Crippen LogP contribution in [0.2, 0.25) is 0 Å². The number of hydrogen-bond acceptors (Lipinski definition) is 3. The molecule has 2 rings (SSSR count). The maximum absolute atomic E-state index is 12.8. The van der Waals surface area contributed by atoms with Gasteiger partial charge in [-0.2, -0.15) is 4.39 Å². The number of rotatable bonds is 3. The molecule has 80 valence electrons. The first-order valence-electron chi connectivity index (χ1n) is 4.70. The lowest BCUT2D eigenvalue weighted by Gasteiger charge is -2.06. The smallest absolute Gasteiger partial charge is 0.278 e. The summed E-state index contributed by atoms with van der Waals surface area (Å²) < 4.78 is 22.9. The molecule has 0 unspecified atom stereocenters. The van der Waals surface area contributed by atoms with E-state index in [2.05, 4.69) is 0 Å². The Morgan fingerprint density at radius 2 is 2.20 bits per heavy atom. The number of furan rings is 1. The average molecular weight is 209 g/mol. The SMILES string of the molecule is COc1cc2cc(F)oc2cc1CCN. The minimum atomic E-state index is -0.586. The summed E-state index contributed by atoms with van der Waals surface area (Å²) in [5.41, 5.74) is 6.93. The van der Waals surface area contributed by atoms with Gasteiger partial charge < -0.3 is 14.9 Å². The van der Waals surface area contributed by atoms with Crippen LogP contribution in [-0.4, -0.2) is 13.7 Å². The monoisotopic (exact) mass is 209 g/mol. The number of hydrogen-bond donors (Lipinski definition) is 1. The molecule has 0 saturated carbocycles. The summed E-state index contributed by atoms with van der Waals surface area (Å²) >= 11 is 0. The van der Waals surface area contributed by atoms with Crippen LogP contribution in [0.5, 0.6) is 5.75 Å². The van der Waals surface area contributed by atoms with E-state index in [0.29, 0.717) is 29.7 Å². The normalized spacial score (nSPS) is 10.9. The number of fused-ring (bicyclic) bond motifs is 1. The van der Waals surface area contributed by atoms with Crippen molar-refractivity contribution in [1.82, 2.24) is 0 Å². The molecule has 0 aliphatic rings. The predicted octanol–water partition coefficient (Wildman–Crippen LogP) is 2.08. The lowest BCUT2D eigenvalue weighted by atomic mass is 10.1. The van der Waals surface area contributed by atoms with Crippen LogP contribution in [0.3, 0.4) is 0 Å². The lowest BCUT2D eigenvalue weighted by Crippen LogP contribution is -2.04. The van der Waals surface area contributed by atoms with Crippen molar-refractivity contribution >= 4 is 11.0 Å². The Kier molecular flexibility index (Phi) is 2.60. The molecule has 0 radical (unpaired) electrons. The van der Waals surface area contributed by atoms with Crippen LogP contribution in [0.4, 0.5) is 4.39 Å². The molecule has 2 N–H and O–H groups in total. The third-order valence-corrected chi connectivity index (χ3v) is 2.30. The molecule has 0 spiro atoms. The van der Waals surface area contributed by atoms with Crippen molar-refractivity contribution in [2.24, 2.45) is 5.73 Å². The van der Waals surface area contributed by atoms with Crippen LogP contribution in [0, 0.1) is 6.01 Å². The zero-order valence-electron chi connectivity index (χ0n) is 8.42. The van der Waals surface area contributed by atoms with E-state index in [9.17, 15) is 4.39 Å². The van der Waals surface area contributed by atoms with Gasteiger partial charge in [0.25, 0.3) is 6.01 Å². The Labute approximate surface area is 86.6 Å². The van der Waals surface area contributed by atoms with E-state index in [0.717, 1.165) is 5.56 Å². The Bertz CT molecular complexity index is 479. The molecule has 15 heavy (non-hydrogen) atoms. The van der Waals surface area contributed by atoms with Crippen LogP contribution in [0.15, 0.2) is 22.6 Å². The van der Waals surface area contributed by atoms with Crippen LogP contribution in [0.25, 0.3) is 11.0 Å². The first-order chi connectivity index (χ1) is 7.24. The lowest BCUT2D eigenvalue weighted by molar-refractivity contribution is 0.380. The molecular weight excluding hydrogens is 197 g/mol. The topological polar surface area (TPSA) is 48.4 Å². The van der Waals surface area contributed by atoms with Gasteiger partial charge in [0.05, 0.1) is 7.11 Å². The van der Waals surface area contributed by atoms with E-state index in [1.54, 1.807) is 19.2 Å². The van der Waals surface area contributed by atoms with Crippen molar-refractivity contribution in [3.05, 3.63) is 29.8 Å². The van der Waals surface area contributed by atoms with Gasteiger partial charge >= 0.3 is 0 Å². The Morgan fingerprint density at radius 1 is 1.40 bits per heavy atom. The van der Waals surface area contributed by atoms with Gasteiger partial charge in [-0.25, -0.2) is 0 Å². The largest absolute Gasteiger partial charge is 0.496 e. The molecule has 1 aromatic heterocycles. The van der Waals surface area contributed by atoms with Crippen LogP contribution in [0.1, 0.15) is 5.56 Å². The fraction of sp³-hybridized carbons (Fsp3) is 0.273. The first kappa shape index (κ1) is 9.98. The third kappa shape index (κ3) is 1.80. The zero-order valence-corrected chi connectivity index (χ0v) is 8.42. The molecule has 4 heteroatoms. The maximum atomic E-state index is 12.8. The van der Waals surface area contributed by atoms with Gasteiger partial charge in [0, 0.05) is 11.5 Å². The van der Waals surface area contributed by atoms with Crippen molar-refractivity contribution < 1.29 is 13.5 Å². The van der Waals surface area contributed by atoms with Crippen molar-refractivity contribution in [2.75, 3.05) is 13.7 Å². The highest BCUT2D eigenvalue weighted by Gasteiger charge is 2.09. The highest BCUT2D eigenvalue weighted by molar-refractivity contribution is 5.80. The van der Waals surface area contributed by atoms with Crippen molar-refractivity contribution in [3.8, 4) is 5.75 Å². The first-order valence-corrected chi connectivity index (χ1v) is 4.70. The van der Waals surface area contributed by atoms with Crippen LogP contribution < -0.4 is 10.5 Å². The minimum Gasteiger partial charge on any atom is -0.496 e. The molecule has 2 aromatic rings. The summed E-state index contributed by atoms with van der Waals surface area (Å²) in [7, 11) is 1.58. The highest BCUT2D eigenvalue weighted by atomic mass is 19.1. The van der Waals surface area contributed by atoms with E-state index < -0.39 is 6.01 Å². The number of ether oxygens (including phenoxy) is 1. The Balaban J connectivity index is 2.57. The van der Waals surface area contributed by atoms with E-state index in [1.165, 1.54) is 6.07 Å². The fourth-order valence-corrected chi connectivity index (χ4v) is 1.62. The molecule has 0 fully saturated rings. The second kappa shape index (κ2) is 3.90. The zero-order chi connectivity index (χ0) is 10.8. The second-order valence-electron chi connectivity index (χ2n) is 3.29. The number of nitrogens with two attached hydrogens (primary N) is 1. The second-order valence-corrected chi connectivity index (χ2v) is 3.29. The maximum Gasteiger partial charge on any atom is 0.278 e. The summed E-state index contributed by atoms with van der Waals surface area (Å²) in [6.07, 6.45) is 0.682. The molecule has 1 aromatic carbocycles. The quantitative estimate of drug-likeness (QED) is 0.841. The molecule has 0 aliphatic carbocycles. The van der Waals surface area contributed by atoms with Gasteiger partial charge in [-0.1, -0.05) is 0 Å².